The van der Waals surface area contributed by atoms with Gasteiger partial charge in [0.15, 0.2) is 11.8 Å². The molecule has 0 bridgehead atoms. The summed E-state index contributed by atoms with van der Waals surface area (Å²) in [7, 11) is 1.85. The standard InChI is InChI=1S/C15H24N6O/c1-16-14(20-7-4-15(10-20)5-8-22-11-15)17-9-13-19-18-12-3-2-6-21(12)13/h2-11H2,1H3,(H,16,17). The summed E-state index contributed by atoms with van der Waals surface area (Å²) < 4.78 is 7.84. The zero-order chi connectivity index (χ0) is 15.0. The van der Waals surface area contributed by atoms with E-state index in [2.05, 4.69) is 30.0 Å². The summed E-state index contributed by atoms with van der Waals surface area (Å²) in [5, 5.41) is 12.0. The predicted octanol–water partition coefficient (Wildman–Crippen LogP) is 0.412. The number of rotatable bonds is 2. The Morgan fingerprint density at radius 2 is 2.32 bits per heavy atom. The van der Waals surface area contributed by atoms with Crippen LogP contribution in [0, 0.1) is 5.41 Å². The van der Waals surface area contributed by atoms with E-state index in [4.69, 9.17) is 4.74 Å². The maximum Gasteiger partial charge on any atom is 0.194 e. The normalized spacial score (nSPS) is 27.9. The van der Waals surface area contributed by atoms with E-state index < -0.39 is 0 Å². The third kappa shape index (κ3) is 2.37. The van der Waals surface area contributed by atoms with E-state index in [0.717, 1.165) is 56.9 Å². The van der Waals surface area contributed by atoms with Crippen LogP contribution in [0.4, 0.5) is 0 Å². The molecule has 0 aromatic carbocycles. The molecule has 1 atom stereocenters. The molecule has 0 aliphatic carbocycles. The molecule has 7 heteroatoms. The molecular weight excluding hydrogens is 280 g/mol. The Bertz CT molecular complexity index is 575. The van der Waals surface area contributed by atoms with Crippen LogP contribution in [0.15, 0.2) is 4.99 Å². The highest BCUT2D eigenvalue weighted by Crippen LogP contribution is 2.38. The molecule has 0 amide bonds. The van der Waals surface area contributed by atoms with Gasteiger partial charge in [-0.1, -0.05) is 0 Å². The summed E-state index contributed by atoms with van der Waals surface area (Å²) in [4.78, 5) is 6.81. The number of hydrogen-bond donors (Lipinski definition) is 1. The first-order valence-electron chi connectivity index (χ1n) is 8.24. The topological polar surface area (TPSA) is 67.6 Å². The van der Waals surface area contributed by atoms with Crippen molar-refractivity contribution in [2.45, 2.75) is 38.8 Å². The monoisotopic (exact) mass is 304 g/mol. The number of nitrogens with zero attached hydrogens (tertiary/aromatic N) is 5. The number of hydrogen-bond acceptors (Lipinski definition) is 4. The Labute approximate surface area is 130 Å². The van der Waals surface area contributed by atoms with Crippen LogP contribution in [0.25, 0.3) is 0 Å². The molecule has 3 aliphatic rings. The van der Waals surface area contributed by atoms with Crippen LogP contribution >= 0.6 is 0 Å². The first-order valence-corrected chi connectivity index (χ1v) is 8.24. The van der Waals surface area contributed by atoms with Gasteiger partial charge in [0.2, 0.25) is 0 Å². The lowest BCUT2D eigenvalue weighted by Crippen LogP contribution is -2.41. The lowest BCUT2D eigenvalue weighted by atomic mass is 9.87. The van der Waals surface area contributed by atoms with Crippen LogP contribution < -0.4 is 5.32 Å². The zero-order valence-electron chi connectivity index (χ0n) is 13.2. The van der Waals surface area contributed by atoms with Crippen molar-refractivity contribution in [1.82, 2.24) is 25.0 Å². The summed E-state index contributed by atoms with van der Waals surface area (Å²) in [6.07, 6.45) is 4.61. The van der Waals surface area contributed by atoms with Gasteiger partial charge in [0, 0.05) is 45.1 Å². The van der Waals surface area contributed by atoms with E-state index in [0.29, 0.717) is 12.0 Å². The Morgan fingerprint density at radius 3 is 3.14 bits per heavy atom. The molecule has 2 fully saturated rings. The molecule has 7 nitrogen and oxygen atoms in total. The summed E-state index contributed by atoms with van der Waals surface area (Å²) in [6.45, 7) is 5.65. The van der Waals surface area contributed by atoms with Crippen LogP contribution in [-0.2, 0) is 24.2 Å². The van der Waals surface area contributed by atoms with Crippen LogP contribution in [-0.4, -0.2) is 59.0 Å². The molecule has 1 unspecified atom stereocenters. The maximum absolute atomic E-state index is 5.60. The molecule has 3 aliphatic heterocycles. The van der Waals surface area contributed by atoms with Gasteiger partial charge in [-0.2, -0.15) is 0 Å². The van der Waals surface area contributed by atoms with Crippen LogP contribution in [0.3, 0.4) is 0 Å². The third-order valence-corrected chi connectivity index (χ3v) is 5.23. The number of aromatic nitrogens is 3. The van der Waals surface area contributed by atoms with Gasteiger partial charge in [-0.15, -0.1) is 10.2 Å². The smallest absolute Gasteiger partial charge is 0.194 e. The fraction of sp³-hybridized carbons (Fsp3) is 0.800. The first kappa shape index (κ1) is 14.0. The molecule has 1 aromatic heterocycles. The maximum atomic E-state index is 5.60. The van der Waals surface area contributed by atoms with Crippen molar-refractivity contribution in [3.05, 3.63) is 11.6 Å². The number of aliphatic imine (C=N–C) groups is 1. The van der Waals surface area contributed by atoms with Crippen molar-refractivity contribution < 1.29 is 4.74 Å². The molecule has 22 heavy (non-hydrogen) atoms. The quantitative estimate of drug-likeness (QED) is 0.633. The number of guanidine groups is 1. The SMILES string of the molecule is CN=C(NCc1nnc2n1CCC2)N1CCC2(CCOC2)C1. The van der Waals surface area contributed by atoms with Gasteiger partial charge in [0.25, 0.3) is 0 Å². The molecular formula is C15H24N6O. The van der Waals surface area contributed by atoms with E-state index in [-0.39, 0.29) is 0 Å². The van der Waals surface area contributed by atoms with Gasteiger partial charge in [-0.25, -0.2) is 0 Å². The van der Waals surface area contributed by atoms with Gasteiger partial charge in [-0.3, -0.25) is 4.99 Å². The van der Waals surface area contributed by atoms with E-state index in [9.17, 15) is 0 Å². The fourth-order valence-electron chi connectivity index (χ4n) is 3.92. The lowest BCUT2D eigenvalue weighted by Gasteiger charge is -2.24. The summed E-state index contributed by atoms with van der Waals surface area (Å²) in [5.41, 5.74) is 0.355. The Kier molecular flexibility index (Phi) is 3.52. The summed E-state index contributed by atoms with van der Waals surface area (Å²) >= 11 is 0. The van der Waals surface area contributed by atoms with E-state index in [1.165, 1.54) is 19.3 Å². The number of fused-ring (bicyclic) bond motifs is 1. The number of aryl methyl sites for hydroxylation is 1. The van der Waals surface area contributed by atoms with E-state index in [1.54, 1.807) is 0 Å². The third-order valence-electron chi connectivity index (χ3n) is 5.23. The Morgan fingerprint density at radius 1 is 1.36 bits per heavy atom. The number of nitrogens with one attached hydrogen (secondary N) is 1. The van der Waals surface area contributed by atoms with Gasteiger partial charge in [0.1, 0.15) is 5.82 Å². The molecule has 1 N–H and O–H groups in total. The van der Waals surface area contributed by atoms with Crippen molar-refractivity contribution in [1.29, 1.82) is 0 Å². The highest BCUT2D eigenvalue weighted by atomic mass is 16.5. The number of ether oxygens (including phenoxy) is 1. The van der Waals surface area contributed by atoms with Gasteiger partial charge in [-0.05, 0) is 19.3 Å². The van der Waals surface area contributed by atoms with Crippen molar-refractivity contribution in [2.75, 3.05) is 33.4 Å². The molecule has 4 heterocycles. The second-order valence-corrected chi connectivity index (χ2v) is 6.66. The minimum absolute atomic E-state index is 0.355. The summed E-state index contributed by atoms with van der Waals surface area (Å²) in [5.74, 6) is 3.11. The minimum atomic E-state index is 0.355. The zero-order valence-corrected chi connectivity index (χ0v) is 13.2. The molecule has 0 radical (unpaired) electrons. The highest BCUT2D eigenvalue weighted by Gasteiger charge is 2.42. The summed E-state index contributed by atoms with van der Waals surface area (Å²) in [6, 6.07) is 0. The van der Waals surface area contributed by atoms with Crippen LogP contribution in [0.2, 0.25) is 0 Å². The van der Waals surface area contributed by atoms with Crippen molar-refractivity contribution in [3.8, 4) is 0 Å². The Balaban J connectivity index is 1.39. The largest absolute Gasteiger partial charge is 0.381 e. The minimum Gasteiger partial charge on any atom is -0.381 e. The molecule has 1 aromatic rings. The average Bonchev–Trinajstić information content (AvgIpc) is 3.28. The van der Waals surface area contributed by atoms with E-state index in [1.807, 2.05) is 7.05 Å². The predicted molar refractivity (Wildman–Crippen MR) is 82.6 cm³/mol. The van der Waals surface area contributed by atoms with Gasteiger partial charge < -0.3 is 19.5 Å². The van der Waals surface area contributed by atoms with Crippen molar-refractivity contribution in [3.63, 3.8) is 0 Å². The molecule has 1 spiro atoms. The average molecular weight is 304 g/mol. The van der Waals surface area contributed by atoms with Crippen molar-refractivity contribution in [2.24, 2.45) is 10.4 Å². The molecule has 2 saturated heterocycles. The molecule has 120 valence electrons. The number of likely N-dealkylation sites (tertiary alicyclic amines) is 1. The Hall–Kier alpha value is -1.63. The highest BCUT2D eigenvalue weighted by molar-refractivity contribution is 5.80. The van der Waals surface area contributed by atoms with Crippen LogP contribution in [0.1, 0.15) is 30.9 Å². The van der Waals surface area contributed by atoms with E-state index >= 15 is 0 Å². The second kappa shape index (κ2) is 5.53. The van der Waals surface area contributed by atoms with Crippen molar-refractivity contribution >= 4 is 5.96 Å². The van der Waals surface area contributed by atoms with Gasteiger partial charge >= 0.3 is 0 Å². The molecule has 0 saturated carbocycles. The lowest BCUT2D eigenvalue weighted by molar-refractivity contribution is 0.156. The molecule has 4 rings (SSSR count). The van der Waals surface area contributed by atoms with Crippen LogP contribution in [0.5, 0.6) is 0 Å². The first-order chi connectivity index (χ1) is 10.8. The fourth-order valence-corrected chi connectivity index (χ4v) is 3.92. The van der Waals surface area contributed by atoms with Gasteiger partial charge in [0.05, 0.1) is 13.2 Å². The second-order valence-electron chi connectivity index (χ2n) is 6.66.